The lowest BCUT2D eigenvalue weighted by molar-refractivity contribution is -0.252. The maximum Gasteiger partial charge on any atom is 0.302 e. The first-order valence-electron chi connectivity index (χ1n) is 14.3. The maximum atomic E-state index is 12.4. The minimum absolute atomic E-state index is 0.0806. The minimum Gasteiger partial charge on any atom is -0.462 e. The van der Waals surface area contributed by atoms with Crippen LogP contribution in [-0.2, 0) is 28.2 Å². The van der Waals surface area contributed by atoms with Crippen molar-refractivity contribution in [1.82, 2.24) is 0 Å². The van der Waals surface area contributed by atoms with Crippen molar-refractivity contribution < 1.29 is 28.2 Å². The van der Waals surface area contributed by atoms with Gasteiger partial charge >= 0.3 is 5.97 Å². The van der Waals surface area contributed by atoms with Crippen LogP contribution in [0.25, 0.3) is 0 Å². The highest BCUT2D eigenvalue weighted by Crippen LogP contribution is 2.65. The van der Waals surface area contributed by atoms with Crippen molar-refractivity contribution in [3.8, 4) is 0 Å². The quantitative estimate of drug-likeness (QED) is 0.232. The summed E-state index contributed by atoms with van der Waals surface area (Å²) in [5.74, 6) is -0.115. The van der Waals surface area contributed by atoms with Crippen molar-refractivity contribution in [2.75, 3.05) is 13.2 Å². The van der Waals surface area contributed by atoms with E-state index in [1.54, 1.807) is 0 Å². The van der Waals surface area contributed by atoms with E-state index in [2.05, 4.69) is 47.7 Å². The van der Waals surface area contributed by atoms with Gasteiger partial charge in [0.1, 0.15) is 12.4 Å². The number of fused-ring (bicyclic) bond motifs is 2. The van der Waals surface area contributed by atoms with Gasteiger partial charge in [-0.1, -0.05) is 34.6 Å². The first-order chi connectivity index (χ1) is 16.7. The molecule has 6 nitrogen and oxygen atoms in total. The number of carbonyl (C=O) groups excluding carboxylic acids is 2. The van der Waals surface area contributed by atoms with Gasteiger partial charge in [-0.3, -0.25) is 4.79 Å². The van der Waals surface area contributed by atoms with E-state index in [1.165, 1.54) is 6.92 Å². The molecule has 36 heavy (non-hydrogen) atoms. The van der Waals surface area contributed by atoms with Crippen LogP contribution in [0.4, 0.5) is 0 Å². The first kappa shape index (κ1) is 28.3. The highest BCUT2D eigenvalue weighted by atomic mass is 28.4. The van der Waals surface area contributed by atoms with Crippen LogP contribution in [0.2, 0.25) is 18.1 Å². The molecule has 0 unspecified atom stereocenters. The van der Waals surface area contributed by atoms with Crippen molar-refractivity contribution in [3.05, 3.63) is 0 Å². The number of aldehydes is 1. The summed E-state index contributed by atoms with van der Waals surface area (Å²) in [6, 6.07) is 0. The first-order valence-corrected chi connectivity index (χ1v) is 17.2. The second-order valence-corrected chi connectivity index (χ2v) is 18.9. The predicted molar refractivity (Wildman–Crippen MR) is 142 cm³/mol. The van der Waals surface area contributed by atoms with Gasteiger partial charge in [0.2, 0.25) is 0 Å². The molecule has 0 aromatic heterocycles. The molecule has 0 aromatic carbocycles. The van der Waals surface area contributed by atoms with E-state index in [4.69, 9.17) is 18.6 Å². The molecule has 7 atom stereocenters. The van der Waals surface area contributed by atoms with E-state index in [-0.39, 0.29) is 51.8 Å². The Morgan fingerprint density at radius 1 is 1.03 bits per heavy atom. The molecule has 3 saturated carbocycles. The zero-order valence-electron chi connectivity index (χ0n) is 24.0. The summed E-state index contributed by atoms with van der Waals surface area (Å²) in [5.41, 5.74) is -0.248. The van der Waals surface area contributed by atoms with Gasteiger partial charge in [0.25, 0.3) is 0 Å². The Hall–Kier alpha value is -0.763. The van der Waals surface area contributed by atoms with Crippen LogP contribution in [0.5, 0.6) is 0 Å². The van der Waals surface area contributed by atoms with Gasteiger partial charge in [-0.25, -0.2) is 0 Å². The molecule has 3 aliphatic carbocycles. The third-order valence-electron chi connectivity index (χ3n) is 11.3. The topological polar surface area (TPSA) is 71.1 Å². The fraction of sp³-hybridized carbons (Fsp3) is 0.931. The van der Waals surface area contributed by atoms with Crippen molar-refractivity contribution in [1.29, 1.82) is 0 Å². The highest BCUT2D eigenvalue weighted by Gasteiger charge is 2.67. The molecule has 4 fully saturated rings. The Morgan fingerprint density at radius 2 is 1.67 bits per heavy atom. The van der Waals surface area contributed by atoms with E-state index in [1.807, 2.05) is 0 Å². The molecular formula is C29H50O6Si. The maximum absolute atomic E-state index is 12.4. The SMILES string of the molecule is CC(=O)O[C@@H]1[C@@H]([C@@]2(C)CC[C@H](O[Si](C)(C)C(C)(C)C)C[C@@H]2CC=O)CC[C@@]2(C)[C@H]1CCC21OCCO1. The summed E-state index contributed by atoms with van der Waals surface area (Å²) < 4.78 is 25.6. The van der Waals surface area contributed by atoms with E-state index in [9.17, 15) is 9.59 Å². The number of rotatable bonds is 6. The number of hydrogen-bond donors (Lipinski definition) is 0. The Morgan fingerprint density at radius 3 is 2.25 bits per heavy atom. The summed E-state index contributed by atoms with van der Waals surface area (Å²) in [4.78, 5) is 24.3. The highest BCUT2D eigenvalue weighted by molar-refractivity contribution is 6.74. The monoisotopic (exact) mass is 522 g/mol. The Bertz CT molecular complexity index is 830. The van der Waals surface area contributed by atoms with Gasteiger partial charge in [-0.2, -0.15) is 0 Å². The zero-order chi connectivity index (χ0) is 26.6. The molecule has 1 spiro atoms. The van der Waals surface area contributed by atoms with E-state index in [0.29, 0.717) is 19.6 Å². The molecule has 7 heteroatoms. The van der Waals surface area contributed by atoms with Gasteiger partial charge in [0, 0.05) is 43.1 Å². The second-order valence-electron chi connectivity index (χ2n) is 14.1. The van der Waals surface area contributed by atoms with Gasteiger partial charge < -0.3 is 23.4 Å². The summed E-state index contributed by atoms with van der Waals surface area (Å²) in [5, 5.41) is 0.158. The van der Waals surface area contributed by atoms with Crippen LogP contribution in [-0.4, -0.2) is 51.8 Å². The van der Waals surface area contributed by atoms with Gasteiger partial charge in [0.05, 0.1) is 13.2 Å². The summed E-state index contributed by atoms with van der Waals surface area (Å²) in [6.45, 7) is 18.9. The third kappa shape index (κ3) is 4.64. The van der Waals surface area contributed by atoms with E-state index >= 15 is 0 Å². The molecule has 4 aliphatic rings. The Balaban J connectivity index is 1.60. The Kier molecular flexibility index (Phi) is 7.66. The van der Waals surface area contributed by atoms with Gasteiger partial charge in [0.15, 0.2) is 14.1 Å². The number of esters is 1. The average molecular weight is 523 g/mol. The normalized spacial score (nSPS) is 40.7. The zero-order valence-corrected chi connectivity index (χ0v) is 25.0. The third-order valence-corrected chi connectivity index (χ3v) is 15.8. The van der Waals surface area contributed by atoms with Crippen molar-refractivity contribution in [2.45, 2.75) is 129 Å². The smallest absolute Gasteiger partial charge is 0.302 e. The molecule has 4 rings (SSSR count). The number of hydrogen-bond acceptors (Lipinski definition) is 6. The molecular weight excluding hydrogens is 472 g/mol. The fourth-order valence-electron chi connectivity index (χ4n) is 8.08. The molecule has 0 aromatic rings. The van der Waals surface area contributed by atoms with Crippen molar-refractivity contribution >= 4 is 20.6 Å². The van der Waals surface area contributed by atoms with E-state index in [0.717, 1.165) is 51.2 Å². The van der Waals surface area contributed by atoms with Gasteiger partial charge in [-0.15, -0.1) is 0 Å². The van der Waals surface area contributed by atoms with Crippen LogP contribution >= 0.6 is 0 Å². The molecule has 1 heterocycles. The molecule has 0 N–H and O–H groups in total. The fourth-order valence-corrected chi connectivity index (χ4v) is 9.48. The standard InChI is InChI=1S/C29H50O6Si/c1-20(31)34-25-23(10-14-28(6)24(25)11-15-29(28)32-17-18-33-29)27(5)13-9-22(19-21(27)12-16-30)35-36(7,8)26(2,3)4/h16,21-25H,9-15,17-19H2,1-8H3/t21-,22-,23-,24-,25+,27-,28-/m0/s1. The lowest BCUT2D eigenvalue weighted by atomic mass is 9.51. The van der Waals surface area contributed by atoms with Crippen LogP contribution in [0.3, 0.4) is 0 Å². The molecule has 0 radical (unpaired) electrons. The number of carbonyl (C=O) groups is 2. The largest absolute Gasteiger partial charge is 0.462 e. The lowest BCUT2D eigenvalue weighted by Gasteiger charge is -2.57. The molecule has 0 bridgehead atoms. The summed E-state index contributed by atoms with van der Waals surface area (Å²) >= 11 is 0. The van der Waals surface area contributed by atoms with Crippen LogP contribution in [0.15, 0.2) is 0 Å². The molecule has 1 aliphatic heterocycles. The van der Waals surface area contributed by atoms with E-state index < -0.39 is 14.1 Å². The number of ether oxygens (including phenoxy) is 3. The van der Waals surface area contributed by atoms with Crippen LogP contribution in [0.1, 0.15) is 92.9 Å². The minimum atomic E-state index is -1.90. The predicted octanol–water partition coefficient (Wildman–Crippen LogP) is 6.27. The summed E-state index contributed by atoms with van der Waals surface area (Å²) in [6.07, 6.45) is 8.30. The molecule has 206 valence electrons. The van der Waals surface area contributed by atoms with Crippen LogP contribution < -0.4 is 0 Å². The van der Waals surface area contributed by atoms with Gasteiger partial charge in [-0.05, 0) is 68.0 Å². The molecule has 1 saturated heterocycles. The second kappa shape index (κ2) is 9.76. The lowest BCUT2D eigenvalue weighted by Crippen LogP contribution is -2.58. The van der Waals surface area contributed by atoms with Crippen molar-refractivity contribution in [2.24, 2.45) is 28.6 Å². The Labute approximate surface area is 219 Å². The van der Waals surface area contributed by atoms with Crippen LogP contribution in [0, 0.1) is 28.6 Å². The average Bonchev–Trinajstić information content (AvgIpc) is 3.36. The van der Waals surface area contributed by atoms with Crippen molar-refractivity contribution in [3.63, 3.8) is 0 Å². The molecule has 0 amide bonds. The summed E-state index contributed by atoms with van der Waals surface area (Å²) in [7, 11) is -1.90.